The summed E-state index contributed by atoms with van der Waals surface area (Å²) < 4.78 is 7.16. The molecular formula is C16H20N4O2. The van der Waals surface area contributed by atoms with Crippen LogP contribution in [0.4, 0.5) is 0 Å². The smallest absolute Gasteiger partial charge is 0.225 e. The van der Waals surface area contributed by atoms with Crippen LogP contribution in [0.25, 0.3) is 11.3 Å². The van der Waals surface area contributed by atoms with Gasteiger partial charge in [0.15, 0.2) is 0 Å². The summed E-state index contributed by atoms with van der Waals surface area (Å²) in [5.41, 5.74) is 1.88. The van der Waals surface area contributed by atoms with Crippen LogP contribution in [0.2, 0.25) is 0 Å². The van der Waals surface area contributed by atoms with Crippen molar-refractivity contribution in [1.29, 1.82) is 0 Å². The van der Waals surface area contributed by atoms with E-state index in [1.54, 1.807) is 4.68 Å². The van der Waals surface area contributed by atoms with E-state index in [1.807, 2.05) is 43.5 Å². The predicted octanol–water partition coefficient (Wildman–Crippen LogP) is 1.49. The Morgan fingerprint density at radius 2 is 2.23 bits per heavy atom. The lowest BCUT2D eigenvalue weighted by Gasteiger charge is -2.04. The van der Waals surface area contributed by atoms with E-state index in [4.69, 9.17) is 4.74 Å². The number of hydrogen-bond acceptors (Lipinski definition) is 4. The molecule has 1 fully saturated rings. The Balaban J connectivity index is 1.45. The first-order valence-electron chi connectivity index (χ1n) is 7.63. The Kier molecular flexibility index (Phi) is 4.48. The van der Waals surface area contributed by atoms with Crippen molar-refractivity contribution in [3.05, 3.63) is 36.5 Å². The number of nitrogens with one attached hydrogen (secondary N) is 1. The summed E-state index contributed by atoms with van der Waals surface area (Å²) in [6.07, 6.45) is 2.84. The van der Waals surface area contributed by atoms with E-state index < -0.39 is 0 Å². The Morgan fingerprint density at radius 3 is 3.00 bits per heavy atom. The zero-order valence-corrected chi connectivity index (χ0v) is 12.6. The summed E-state index contributed by atoms with van der Waals surface area (Å²) >= 11 is 0. The van der Waals surface area contributed by atoms with E-state index in [1.165, 1.54) is 0 Å². The molecule has 2 atom stereocenters. The lowest BCUT2D eigenvalue weighted by atomic mass is 10.2. The molecule has 0 aliphatic heterocycles. The molecule has 22 heavy (non-hydrogen) atoms. The minimum Gasteiger partial charge on any atom is -0.378 e. The van der Waals surface area contributed by atoms with Crippen molar-refractivity contribution in [2.24, 2.45) is 5.92 Å². The summed E-state index contributed by atoms with van der Waals surface area (Å²) in [6.45, 7) is 3.77. The highest BCUT2D eigenvalue weighted by Gasteiger charge is 2.43. The van der Waals surface area contributed by atoms with Gasteiger partial charge in [0.05, 0.1) is 24.8 Å². The molecule has 1 aromatic heterocycles. The van der Waals surface area contributed by atoms with Crippen molar-refractivity contribution < 1.29 is 9.53 Å². The maximum atomic E-state index is 11.9. The average molecular weight is 300 g/mol. The third-order valence-electron chi connectivity index (χ3n) is 3.70. The second-order valence-electron chi connectivity index (χ2n) is 5.36. The number of benzene rings is 1. The van der Waals surface area contributed by atoms with Crippen LogP contribution in [0, 0.1) is 5.92 Å². The zero-order valence-electron chi connectivity index (χ0n) is 12.6. The Morgan fingerprint density at radius 1 is 1.41 bits per heavy atom. The Bertz CT molecular complexity index is 626. The number of carbonyl (C=O) groups excluding carboxylic acids is 1. The first-order valence-corrected chi connectivity index (χ1v) is 7.63. The van der Waals surface area contributed by atoms with Gasteiger partial charge in [-0.05, 0) is 13.3 Å². The van der Waals surface area contributed by atoms with E-state index in [0.29, 0.717) is 19.7 Å². The van der Waals surface area contributed by atoms with Crippen LogP contribution in [0.15, 0.2) is 36.5 Å². The van der Waals surface area contributed by atoms with Crippen molar-refractivity contribution in [3.63, 3.8) is 0 Å². The highest BCUT2D eigenvalue weighted by molar-refractivity contribution is 5.82. The van der Waals surface area contributed by atoms with Crippen LogP contribution >= 0.6 is 0 Å². The number of nitrogens with zero attached hydrogens (tertiary/aromatic N) is 3. The minimum atomic E-state index is 0.0237. The van der Waals surface area contributed by atoms with Crippen molar-refractivity contribution in [1.82, 2.24) is 20.3 Å². The lowest BCUT2D eigenvalue weighted by Crippen LogP contribution is -2.29. The SMILES string of the molecule is CCOC1CC1C(=O)NCCn1cc(-c2ccccc2)nn1. The first-order chi connectivity index (χ1) is 10.8. The van der Waals surface area contributed by atoms with Crippen LogP contribution in [0.3, 0.4) is 0 Å². The van der Waals surface area contributed by atoms with Crippen LogP contribution in [-0.2, 0) is 16.1 Å². The maximum Gasteiger partial charge on any atom is 0.225 e. The van der Waals surface area contributed by atoms with E-state index in [0.717, 1.165) is 17.7 Å². The second kappa shape index (κ2) is 6.70. The van der Waals surface area contributed by atoms with Crippen molar-refractivity contribution in [2.45, 2.75) is 26.0 Å². The topological polar surface area (TPSA) is 69.0 Å². The van der Waals surface area contributed by atoms with Crippen LogP contribution in [0.1, 0.15) is 13.3 Å². The third-order valence-corrected chi connectivity index (χ3v) is 3.70. The fourth-order valence-electron chi connectivity index (χ4n) is 2.42. The largest absolute Gasteiger partial charge is 0.378 e. The molecule has 0 spiro atoms. The maximum absolute atomic E-state index is 11.9. The van der Waals surface area contributed by atoms with Gasteiger partial charge in [-0.1, -0.05) is 35.5 Å². The molecule has 0 radical (unpaired) electrons. The van der Waals surface area contributed by atoms with Gasteiger partial charge in [0.25, 0.3) is 0 Å². The number of hydrogen-bond donors (Lipinski definition) is 1. The van der Waals surface area contributed by atoms with Gasteiger partial charge < -0.3 is 10.1 Å². The van der Waals surface area contributed by atoms with Crippen LogP contribution < -0.4 is 5.32 Å². The Hall–Kier alpha value is -2.21. The standard InChI is InChI=1S/C16H20N4O2/c1-2-22-15-10-13(15)16(21)17-8-9-20-11-14(18-19-20)12-6-4-3-5-7-12/h3-7,11,13,15H,2,8-10H2,1H3,(H,17,21). The molecule has 1 aromatic carbocycles. The molecule has 0 saturated heterocycles. The number of ether oxygens (including phenoxy) is 1. The summed E-state index contributed by atoms with van der Waals surface area (Å²) in [6, 6.07) is 9.91. The molecule has 1 amide bonds. The summed E-state index contributed by atoms with van der Waals surface area (Å²) in [4.78, 5) is 11.9. The van der Waals surface area contributed by atoms with Crippen LogP contribution in [-0.4, -0.2) is 40.2 Å². The zero-order chi connectivity index (χ0) is 15.4. The van der Waals surface area contributed by atoms with Gasteiger partial charge in [0.2, 0.25) is 5.91 Å². The molecule has 0 bridgehead atoms. The van der Waals surface area contributed by atoms with Crippen LogP contribution in [0.5, 0.6) is 0 Å². The predicted molar refractivity (Wildman–Crippen MR) is 82.0 cm³/mol. The van der Waals surface area contributed by atoms with Gasteiger partial charge in [-0.2, -0.15) is 0 Å². The normalized spacial score (nSPS) is 19.9. The second-order valence-corrected chi connectivity index (χ2v) is 5.36. The molecule has 1 aliphatic carbocycles. The van der Waals surface area contributed by atoms with Gasteiger partial charge in [0, 0.05) is 18.7 Å². The average Bonchev–Trinajstić information content (AvgIpc) is 3.15. The van der Waals surface area contributed by atoms with E-state index in [-0.39, 0.29) is 17.9 Å². The van der Waals surface area contributed by atoms with Crippen molar-refractivity contribution in [3.8, 4) is 11.3 Å². The Labute approximate surface area is 129 Å². The fourth-order valence-corrected chi connectivity index (χ4v) is 2.42. The summed E-state index contributed by atoms with van der Waals surface area (Å²) in [7, 11) is 0. The molecule has 1 heterocycles. The molecular weight excluding hydrogens is 280 g/mol. The molecule has 2 unspecified atom stereocenters. The van der Waals surface area contributed by atoms with Gasteiger partial charge in [0.1, 0.15) is 5.69 Å². The highest BCUT2D eigenvalue weighted by Crippen LogP contribution is 2.33. The number of rotatable bonds is 7. The van der Waals surface area contributed by atoms with Gasteiger partial charge in [-0.3, -0.25) is 9.48 Å². The molecule has 1 N–H and O–H groups in total. The number of aromatic nitrogens is 3. The van der Waals surface area contributed by atoms with Crippen molar-refractivity contribution >= 4 is 5.91 Å². The van der Waals surface area contributed by atoms with Gasteiger partial charge in [-0.15, -0.1) is 5.10 Å². The fraction of sp³-hybridized carbons (Fsp3) is 0.438. The van der Waals surface area contributed by atoms with E-state index in [2.05, 4.69) is 15.6 Å². The van der Waals surface area contributed by atoms with Crippen molar-refractivity contribution in [2.75, 3.05) is 13.2 Å². The molecule has 2 aromatic rings. The van der Waals surface area contributed by atoms with Gasteiger partial charge >= 0.3 is 0 Å². The number of amides is 1. The number of carbonyl (C=O) groups is 1. The van der Waals surface area contributed by atoms with E-state index in [9.17, 15) is 4.79 Å². The summed E-state index contributed by atoms with van der Waals surface area (Å²) in [5.74, 6) is 0.0948. The quantitative estimate of drug-likeness (QED) is 0.841. The first kappa shape index (κ1) is 14.7. The molecule has 1 aliphatic rings. The van der Waals surface area contributed by atoms with Gasteiger partial charge in [-0.25, -0.2) is 0 Å². The highest BCUT2D eigenvalue weighted by atomic mass is 16.5. The minimum absolute atomic E-state index is 0.0237. The molecule has 6 nitrogen and oxygen atoms in total. The van der Waals surface area contributed by atoms with E-state index >= 15 is 0 Å². The summed E-state index contributed by atoms with van der Waals surface area (Å²) in [5, 5.41) is 11.2. The molecule has 116 valence electrons. The third kappa shape index (κ3) is 3.51. The molecule has 1 saturated carbocycles. The molecule has 6 heteroatoms. The molecule has 3 rings (SSSR count). The monoisotopic (exact) mass is 300 g/mol. The lowest BCUT2D eigenvalue weighted by molar-refractivity contribution is -0.123.